The van der Waals surface area contributed by atoms with Crippen LogP contribution in [0.15, 0.2) is 18.2 Å². The first-order chi connectivity index (χ1) is 9.62. The van der Waals surface area contributed by atoms with Gasteiger partial charge in [-0.15, -0.1) is 5.10 Å². The predicted molar refractivity (Wildman–Crippen MR) is 81.6 cm³/mol. The quantitative estimate of drug-likeness (QED) is 0.850. The molecule has 9 heteroatoms. The number of sulfone groups is 1. The summed E-state index contributed by atoms with van der Waals surface area (Å²) >= 11 is 6.15. The van der Waals surface area contributed by atoms with Gasteiger partial charge in [-0.05, 0) is 42.5 Å². The maximum absolute atomic E-state index is 11.8. The van der Waals surface area contributed by atoms with Crippen molar-refractivity contribution in [1.82, 2.24) is 20.2 Å². The summed E-state index contributed by atoms with van der Waals surface area (Å²) in [6.45, 7) is 3.37. The molecule has 0 saturated carbocycles. The number of halogens is 1. The molecule has 0 saturated heterocycles. The molecular formula is C12H16ClN5O2S. The van der Waals surface area contributed by atoms with Crippen LogP contribution in [0.2, 0.25) is 5.02 Å². The lowest BCUT2D eigenvalue weighted by molar-refractivity contribution is 0.471. The average molecular weight is 330 g/mol. The minimum absolute atomic E-state index is 0.120. The standard InChI is InChI=1S/C12H16ClN5O2S/c1-12(2,21(3,19)20)7-18-11(15-16-17-18)9-5-4-8(14)6-10(9)13/h4-6H,7,14H2,1-3H3. The van der Waals surface area contributed by atoms with Crippen LogP contribution < -0.4 is 5.73 Å². The van der Waals surface area contributed by atoms with Gasteiger partial charge in [-0.3, -0.25) is 0 Å². The number of nitrogen functional groups attached to an aromatic ring is 1. The Kier molecular flexibility index (Phi) is 3.94. The fourth-order valence-electron chi connectivity index (χ4n) is 1.69. The number of nitrogens with zero attached hydrogens (tertiary/aromatic N) is 4. The van der Waals surface area contributed by atoms with Crippen molar-refractivity contribution in [1.29, 1.82) is 0 Å². The second-order valence-electron chi connectivity index (χ2n) is 5.43. The maximum atomic E-state index is 11.8. The zero-order chi connectivity index (χ0) is 15.8. The summed E-state index contributed by atoms with van der Waals surface area (Å²) in [5.41, 5.74) is 6.78. The molecule has 0 bridgehead atoms. The van der Waals surface area contributed by atoms with Crippen LogP contribution >= 0.6 is 11.6 Å². The van der Waals surface area contributed by atoms with Gasteiger partial charge in [0.25, 0.3) is 0 Å². The molecule has 0 radical (unpaired) electrons. The molecule has 21 heavy (non-hydrogen) atoms. The normalized spacial score (nSPS) is 12.6. The lowest BCUT2D eigenvalue weighted by Gasteiger charge is -2.22. The topological polar surface area (TPSA) is 104 Å². The van der Waals surface area contributed by atoms with Crippen molar-refractivity contribution >= 4 is 27.1 Å². The first-order valence-corrected chi connectivity index (χ1v) is 8.40. The molecule has 0 amide bonds. The van der Waals surface area contributed by atoms with Crippen LogP contribution in [0, 0.1) is 0 Å². The highest BCUT2D eigenvalue weighted by atomic mass is 35.5. The van der Waals surface area contributed by atoms with Gasteiger partial charge in [0.1, 0.15) is 0 Å². The summed E-state index contributed by atoms with van der Waals surface area (Å²) in [5.74, 6) is 0.400. The first kappa shape index (κ1) is 15.7. The van der Waals surface area contributed by atoms with E-state index < -0.39 is 14.6 Å². The molecule has 0 atom stereocenters. The summed E-state index contributed by atoms with van der Waals surface area (Å²) in [7, 11) is -3.26. The lowest BCUT2D eigenvalue weighted by atomic mass is 10.1. The number of nitrogens with two attached hydrogens (primary N) is 1. The Labute approximate surface area is 128 Å². The van der Waals surface area contributed by atoms with Crippen LogP contribution in [0.25, 0.3) is 11.4 Å². The third-order valence-corrected chi connectivity index (χ3v) is 5.75. The number of rotatable bonds is 4. The van der Waals surface area contributed by atoms with Crippen molar-refractivity contribution in [3.05, 3.63) is 23.2 Å². The van der Waals surface area contributed by atoms with Crippen LogP contribution in [0.3, 0.4) is 0 Å². The van der Waals surface area contributed by atoms with E-state index in [1.54, 1.807) is 32.0 Å². The van der Waals surface area contributed by atoms with Gasteiger partial charge in [-0.2, -0.15) is 0 Å². The predicted octanol–water partition coefficient (Wildman–Crippen LogP) is 1.40. The summed E-state index contributed by atoms with van der Waals surface area (Å²) in [4.78, 5) is 0. The second-order valence-corrected chi connectivity index (χ2v) is 8.49. The first-order valence-electron chi connectivity index (χ1n) is 6.13. The van der Waals surface area contributed by atoms with Crippen molar-refractivity contribution in [3.8, 4) is 11.4 Å². The third kappa shape index (κ3) is 3.16. The Bertz CT molecular complexity index is 770. The number of aromatic nitrogens is 4. The van der Waals surface area contributed by atoms with Crippen molar-refractivity contribution < 1.29 is 8.42 Å². The number of tetrazole rings is 1. The molecular weight excluding hydrogens is 314 g/mol. The molecule has 0 aliphatic carbocycles. The monoisotopic (exact) mass is 329 g/mol. The fraction of sp³-hybridized carbons (Fsp3) is 0.417. The van der Waals surface area contributed by atoms with Gasteiger partial charge >= 0.3 is 0 Å². The maximum Gasteiger partial charge on any atom is 0.183 e. The van der Waals surface area contributed by atoms with Gasteiger partial charge in [0.2, 0.25) is 0 Å². The molecule has 0 fully saturated rings. The van der Waals surface area contributed by atoms with E-state index in [2.05, 4.69) is 15.5 Å². The Morgan fingerprint density at radius 1 is 1.38 bits per heavy atom. The van der Waals surface area contributed by atoms with Crippen molar-refractivity contribution in [2.45, 2.75) is 25.1 Å². The number of hydrogen-bond acceptors (Lipinski definition) is 6. The van der Waals surface area contributed by atoms with Gasteiger partial charge in [0.15, 0.2) is 15.7 Å². The molecule has 0 unspecified atom stereocenters. The molecule has 1 aromatic heterocycles. The van der Waals surface area contributed by atoms with Crippen LogP contribution in [0.1, 0.15) is 13.8 Å². The molecule has 1 aromatic carbocycles. The molecule has 114 valence electrons. The van der Waals surface area contributed by atoms with Gasteiger partial charge < -0.3 is 5.73 Å². The van der Waals surface area contributed by atoms with E-state index in [9.17, 15) is 8.42 Å². The molecule has 0 aliphatic heterocycles. The molecule has 7 nitrogen and oxygen atoms in total. The van der Waals surface area contributed by atoms with E-state index in [4.69, 9.17) is 17.3 Å². The van der Waals surface area contributed by atoms with E-state index in [1.165, 1.54) is 10.9 Å². The zero-order valence-corrected chi connectivity index (χ0v) is 13.5. The van der Waals surface area contributed by atoms with Gasteiger partial charge in [-0.1, -0.05) is 11.6 Å². The minimum atomic E-state index is -3.26. The average Bonchev–Trinajstić information content (AvgIpc) is 2.75. The van der Waals surface area contributed by atoms with E-state index in [-0.39, 0.29) is 6.54 Å². The summed E-state index contributed by atoms with van der Waals surface area (Å²) in [6, 6.07) is 4.98. The summed E-state index contributed by atoms with van der Waals surface area (Å²) in [6.07, 6.45) is 1.19. The largest absolute Gasteiger partial charge is 0.399 e. The Morgan fingerprint density at radius 2 is 2.05 bits per heavy atom. The smallest absolute Gasteiger partial charge is 0.183 e. The number of benzene rings is 1. The molecule has 2 rings (SSSR count). The molecule has 0 aliphatic rings. The van der Waals surface area contributed by atoms with Crippen molar-refractivity contribution in [2.75, 3.05) is 12.0 Å². The van der Waals surface area contributed by atoms with Crippen molar-refractivity contribution in [3.63, 3.8) is 0 Å². The second kappa shape index (κ2) is 5.27. The Morgan fingerprint density at radius 3 is 2.62 bits per heavy atom. The van der Waals surface area contributed by atoms with E-state index >= 15 is 0 Å². The van der Waals surface area contributed by atoms with Gasteiger partial charge in [0, 0.05) is 17.5 Å². The molecule has 1 heterocycles. The zero-order valence-electron chi connectivity index (χ0n) is 11.9. The molecule has 2 N–H and O–H groups in total. The van der Waals surface area contributed by atoms with E-state index in [1.807, 2.05) is 0 Å². The van der Waals surface area contributed by atoms with Crippen LogP contribution in [-0.4, -0.2) is 39.6 Å². The van der Waals surface area contributed by atoms with E-state index in [0.29, 0.717) is 22.1 Å². The molecule has 2 aromatic rings. The lowest BCUT2D eigenvalue weighted by Crippen LogP contribution is -2.36. The highest BCUT2D eigenvalue weighted by Gasteiger charge is 2.32. The van der Waals surface area contributed by atoms with Crippen LogP contribution in [0.5, 0.6) is 0 Å². The Balaban J connectivity index is 2.44. The van der Waals surface area contributed by atoms with Crippen molar-refractivity contribution in [2.24, 2.45) is 0 Å². The molecule has 0 spiro atoms. The SMILES string of the molecule is CC(C)(Cn1nnnc1-c1ccc(N)cc1Cl)S(C)(=O)=O. The summed E-state index contributed by atoms with van der Waals surface area (Å²) in [5, 5.41) is 11.8. The minimum Gasteiger partial charge on any atom is -0.399 e. The highest BCUT2D eigenvalue weighted by Crippen LogP contribution is 2.29. The number of hydrogen-bond donors (Lipinski definition) is 1. The number of anilines is 1. The van der Waals surface area contributed by atoms with Crippen LogP contribution in [-0.2, 0) is 16.4 Å². The van der Waals surface area contributed by atoms with Crippen LogP contribution in [0.4, 0.5) is 5.69 Å². The fourth-order valence-corrected chi connectivity index (χ4v) is 2.32. The third-order valence-electron chi connectivity index (χ3n) is 3.30. The van der Waals surface area contributed by atoms with Gasteiger partial charge in [-0.25, -0.2) is 13.1 Å². The van der Waals surface area contributed by atoms with E-state index in [0.717, 1.165) is 0 Å². The van der Waals surface area contributed by atoms with Gasteiger partial charge in [0.05, 0.1) is 16.3 Å². The summed E-state index contributed by atoms with van der Waals surface area (Å²) < 4.78 is 24.1. The highest BCUT2D eigenvalue weighted by molar-refractivity contribution is 7.92. The Hall–Kier alpha value is -1.67.